The zero-order chi connectivity index (χ0) is 25.5. The summed E-state index contributed by atoms with van der Waals surface area (Å²) in [5.74, 6) is -0.533. The highest BCUT2D eigenvalue weighted by atomic mass is 16.4. The van der Waals surface area contributed by atoms with Crippen molar-refractivity contribution in [3.63, 3.8) is 0 Å². The summed E-state index contributed by atoms with van der Waals surface area (Å²) in [6, 6.07) is 35.1. The largest absolute Gasteiger partial charge is 0.504 e. The van der Waals surface area contributed by atoms with E-state index in [1.165, 1.54) is 0 Å². The summed E-state index contributed by atoms with van der Waals surface area (Å²) >= 11 is 0. The van der Waals surface area contributed by atoms with Crippen LogP contribution in [-0.2, 0) is 13.2 Å². The monoisotopic (exact) mass is 484 g/mol. The molecule has 6 rings (SSSR count). The molecule has 6 bridgehead atoms. The van der Waals surface area contributed by atoms with Crippen molar-refractivity contribution in [3.05, 3.63) is 108 Å². The van der Waals surface area contributed by atoms with Gasteiger partial charge in [0.2, 0.25) is 0 Å². The second kappa shape index (κ2) is 8.93. The first kappa shape index (κ1) is 22.5. The molecule has 6 aromatic rings. The highest BCUT2D eigenvalue weighted by Gasteiger charge is 2.09. The highest BCUT2D eigenvalue weighted by Crippen LogP contribution is 2.31. The number of fused-ring (bicyclic) bond motifs is 4. The quantitative estimate of drug-likeness (QED) is 0.216. The van der Waals surface area contributed by atoms with Gasteiger partial charge in [-0.1, -0.05) is 48.5 Å². The first-order valence-corrected chi connectivity index (χ1v) is 11.6. The van der Waals surface area contributed by atoms with Gasteiger partial charge in [-0.15, -0.1) is 0 Å². The van der Waals surface area contributed by atoms with E-state index in [0.29, 0.717) is 10.8 Å². The molecule has 5 heteroatoms. The summed E-state index contributed by atoms with van der Waals surface area (Å²) in [7, 11) is 0. The number of hydrogen-bond donors (Lipinski definition) is 4. The van der Waals surface area contributed by atoms with Crippen LogP contribution in [0.2, 0.25) is 0 Å². The lowest BCUT2D eigenvalue weighted by Gasteiger charge is -2.05. The minimum Gasteiger partial charge on any atom is -0.504 e. The zero-order valence-corrected chi connectivity index (χ0v) is 19.5. The molecule has 5 nitrogen and oxygen atoms in total. The Morgan fingerprint density at radius 1 is 0.568 bits per heavy atom. The van der Waals surface area contributed by atoms with Crippen LogP contribution in [0.3, 0.4) is 0 Å². The minimum atomic E-state index is -0.430. The third-order valence-electron chi connectivity index (χ3n) is 6.43. The van der Waals surface area contributed by atoms with Crippen molar-refractivity contribution >= 4 is 54.3 Å². The average molecular weight is 485 g/mol. The molecule has 4 N–H and O–H groups in total. The number of hydrogen-bond acceptors (Lipinski definition) is 5. The van der Waals surface area contributed by atoms with E-state index in [1.807, 2.05) is 36.4 Å². The predicted molar refractivity (Wildman–Crippen MR) is 143 cm³/mol. The SMILES string of the molecule is OCc1cc2c#cc3cccc4cc5cccc(c#cc6cc(CO)c(O)c(c6)oc(c2)c1O)c5cc34. The van der Waals surface area contributed by atoms with E-state index in [9.17, 15) is 20.4 Å². The fourth-order valence-electron chi connectivity index (χ4n) is 4.54. The van der Waals surface area contributed by atoms with Crippen molar-refractivity contribution in [2.24, 2.45) is 0 Å². The van der Waals surface area contributed by atoms with Gasteiger partial charge in [-0.3, -0.25) is 0 Å². The Labute approximate surface area is 212 Å². The fourth-order valence-corrected chi connectivity index (χ4v) is 4.54. The van der Waals surface area contributed by atoms with Gasteiger partial charge in [-0.2, -0.15) is 0 Å². The minimum absolute atomic E-state index is 0.0113. The molecule has 0 aliphatic heterocycles. The first-order valence-electron chi connectivity index (χ1n) is 11.6. The van der Waals surface area contributed by atoms with Crippen LogP contribution < -0.4 is 0 Å². The lowest BCUT2D eigenvalue weighted by atomic mass is 10.00. The van der Waals surface area contributed by atoms with Crippen LogP contribution in [0.1, 0.15) is 11.1 Å². The summed E-state index contributed by atoms with van der Waals surface area (Å²) in [6.45, 7) is -0.861. The summed E-state index contributed by atoms with van der Waals surface area (Å²) < 4.78 is 5.90. The van der Waals surface area contributed by atoms with Gasteiger partial charge in [0, 0.05) is 44.8 Å². The van der Waals surface area contributed by atoms with Crippen LogP contribution in [0, 0.1) is 24.3 Å². The van der Waals surface area contributed by atoms with E-state index in [1.54, 1.807) is 24.3 Å². The Bertz CT molecular complexity index is 1800. The standard InChI is InChI=1S/C32H20O5/c33-17-25-11-19-7-9-21-3-1-5-23-15-24-6-2-4-22(28(24)16-27(21)23)10-8-20-12-26(18-34)32(36)30(14-20)37-29(13-19)31(25)35/h1-6,11-16,33-36H,17-18H2. The smallest absolute Gasteiger partial charge is 0.170 e. The number of rotatable bonds is 2. The van der Waals surface area contributed by atoms with Crippen LogP contribution in [-0.4, -0.2) is 20.4 Å². The summed E-state index contributed by atoms with van der Waals surface area (Å²) in [4.78, 5) is 0. The second-order valence-corrected chi connectivity index (χ2v) is 8.79. The molecule has 1 heterocycles. The average Bonchev–Trinajstić information content (AvgIpc) is 2.91. The van der Waals surface area contributed by atoms with E-state index in [0.717, 1.165) is 32.3 Å². The Morgan fingerprint density at radius 3 is 1.51 bits per heavy atom. The second-order valence-electron chi connectivity index (χ2n) is 8.79. The summed E-state index contributed by atoms with van der Waals surface area (Å²) in [6.07, 6.45) is 0. The molecule has 5 aromatic carbocycles. The lowest BCUT2D eigenvalue weighted by Crippen LogP contribution is -1.86. The Kier molecular flexibility index (Phi) is 5.44. The topological polar surface area (TPSA) is 94.1 Å². The van der Waals surface area contributed by atoms with Gasteiger partial charge in [0.25, 0.3) is 0 Å². The molecule has 0 spiro atoms. The molecular weight excluding hydrogens is 464 g/mol. The highest BCUT2D eigenvalue weighted by molar-refractivity contribution is 6.10. The normalized spacial score (nSPS) is 11.0. The third kappa shape index (κ3) is 3.99. The summed E-state index contributed by atoms with van der Waals surface area (Å²) in [5, 5.41) is 47.8. The molecule has 0 unspecified atom stereocenters. The van der Waals surface area contributed by atoms with Crippen molar-refractivity contribution in [2.45, 2.75) is 13.2 Å². The lowest BCUT2D eigenvalue weighted by molar-refractivity contribution is 0.275. The van der Waals surface area contributed by atoms with Gasteiger partial charge < -0.3 is 24.8 Å². The number of aliphatic hydroxyl groups is 2. The first-order chi connectivity index (χ1) is 18.0. The van der Waals surface area contributed by atoms with Crippen molar-refractivity contribution < 1.29 is 24.8 Å². The Morgan fingerprint density at radius 2 is 1.05 bits per heavy atom. The molecule has 1 aromatic heterocycles. The van der Waals surface area contributed by atoms with Gasteiger partial charge in [0.15, 0.2) is 22.7 Å². The van der Waals surface area contributed by atoms with Gasteiger partial charge in [-0.25, -0.2) is 0 Å². The number of benzene rings is 5. The summed E-state index contributed by atoms with van der Waals surface area (Å²) in [5.41, 5.74) is 0.484. The zero-order valence-electron chi connectivity index (χ0n) is 19.5. The number of phenols is 2. The van der Waals surface area contributed by atoms with Gasteiger partial charge >= 0.3 is 0 Å². The molecule has 0 aliphatic carbocycles. The molecule has 178 valence electrons. The predicted octanol–water partition coefficient (Wildman–Crippen LogP) is 6.33. The molecular formula is C32H20O5. The maximum atomic E-state index is 10.7. The van der Waals surface area contributed by atoms with Crippen LogP contribution in [0.25, 0.3) is 54.3 Å². The van der Waals surface area contributed by atoms with Crippen molar-refractivity contribution in [1.29, 1.82) is 0 Å². The van der Waals surface area contributed by atoms with E-state index < -0.39 is 13.2 Å². The molecule has 0 atom stereocenters. The van der Waals surface area contributed by atoms with Crippen LogP contribution in [0.5, 0.6) is 11.5 Å². The number of aliphatic hydroxyl groups excluding tert-OH is 2. The van der Waals surface area contributed by atoms with E-state index in [2.05, 4.69) is 36.4 Å². The van der Waals surface area contributed by atoms with Crippen molar-refractivity contribution in [3.8, 4) is 11.5 Å². The fraction of sp³-hybridized carbons (Fsp3) is 0.0625. The Balaban J connectivity index is 1.85. The Hall–Kier alpha value is -4.94. The maximum absolute atomic E-state index is 10.7. The molecule has 0 radical (unpaired) electrons. The molecule has 0 aliphatic rings. The van der Waals surface area contributed by atoms with Crippen molar-refractivity contribution in [2.75, 3.05) is 0 Å². The number of aromatic hydroxyl groups is 2. The molecule has 0 fully saturated rings. The van der Waals surface area contributed by atoms with Crippen LogP contribution in [0.15, 0.2) is 77.2 Å². The van der Waals surface area contributed by atoms with E-state index >= 15 is 0 Å². The van der Waals surface area contributed by atoms with Crippen molar-refractivity contribution in [1.82, 2.24) is 0 Å². The van der Waals surface area contributed by atoms with E-state index in [-0.39, 0.29) is 33.8 Å². The molecule has 0 saturated heterocycles. The van der Waals surface area contributed by atoms with E-state index in [4.69, 9.17) is 4.42 Å². The van der Waals surface area contributed by atoms with Gasteiger partial charge in [-0.05, 0) is 57.9 Å². The van der Waals surface area contributed by atoms with Crippen LogP contribution in [0.4, 0.5) is 0 Å². The molecule has 37 heavy (non-hydrogen) atoms. The van der Waals surface area contributed by atoms with Gasteiger partial charge in [0.1, 0.15) is 0 Å². The third-order valence-corrected chi connectivity index (χ3v) is 6.43. The van der Waals surface area contributed by atoms with Gasteiger partial charge in [0.05, 0.1) is 13.2 Å². The molecule has 0 saturated carbocycles. The molecule has 0 amide bonds. The maximum Gasteiger partial charge on any atom is 0.170 e. The van der Waals surface area contributed by atoms with Crippen LogP contribution >= 0.6 is 0 Å².